The molecule has 3 rings (SSSR count). The molecule has 0 radical (unpaired) electrons. The number of hydrogen-bond donors (Lipinski definition) is 1. The first kappa shape index (κ1) is 11.8. The van der Waals surface area contributed by atoms with Gasteiger partial charge in [-0.15, -0.1) is 0 Å². The van der Waals surface area contributed by atoms with Gasteiger partial charge in [-0.1, -0.05) is 35.9 Å². The highest BCUT2D eigenvalue weighted by Crippen LogP contribution is 2.27. The van der Waals surface area contributed by atoms with Crippen LogP contribution in [-0.2, 0) is 0 Å². The van der Waals surface area contributed by atoms with Gasteiger partial charge in [-0.2, -0.15) is 0 Å². The zero-order valence-corrected chi connectivity index (χ0v) is 10.6. The molecule has 1 heterocycles. The summed E-state index contributed by atoms with van der Waals surface area (Å²) in [6.07, 6.45) is 1.48. The van der Waals surface area contributed by atoms with E-state index in [9.17, 15) is 4.79 Å². The molecule has 0 saturated heterocycles. The van der Waals surface area contributed by atoms with Crippen LogP contribution in [0.2, 0.25) is 5.02 Å². The van der Waals surface area contributed by atoms with Crippen LogP contribution in [0.4, 0.5) is 0 Å². The average Bonchev–Trinajstić information content (AvgIpc) is 2.45. The van der Waals surface area contributed by atoms with Crippen molar-refractivity contribution in [2.75, 3.05) is 0 Å². The molecule has 2 aromatic carbocycles. The molecule has 94 valence electrons. The number of aromatic amines is 1. The Balaban J connectivity index is 2.15. The van der Waals surface area contributed by atoms with Crippen LogP contribution in [0.3, 0.4) is 0 Å². The third kappa shape index (κ3) is 2.20. The Morgan fingerprint density at radius 2 is 1.79 bits per heavy atom. The number of nitrogens with one attached hydrogen (secondary N) is 1. The van der Waals surface area contributed by atoms with Crippen LogP contribution in [0.5, 0.6) is 11.5 Å². The maximum absolute atomic E-state index is 11.9. The number of rotatable bonds is 2. The van der Waals surface area contributed by atoms with E-state index in [0.29, 0.717) is 22.4 Å². The van der Waals surface area contributed by atoms with Crippen LogP contribution in [0.15, 0.2) is 59.5 Å². The van der Waals surface area contributed by atoms with Gasteiger partial charge in [-0.25, -0.2) is 0 Å². The Morgan fingerprint density at radius 3 is 2.58 bits per heavy atom. The number of hydrogen-bond acceptors (Lipinski definition) is 2. The fourth-order valence-corrected chi connectivity index (χ4v) is 2.06. The molecule has 0 spiro atoms. The van der Waals surface area contributed by atoms with E-state index in [1.165, 1.54) is 6.20 Å². The van der Waals surface area contributed by atoms with Crippen LogP contribution in [0.1, 0.15) is 0 Å². The summed E-state index contributed by atoms with van der Waals surface area (Å²) in [5, 5.41) is 0.685. The Bertz CT molecular complexity index is 781. The third-order valence-corrected chi connectivity index (χ3v) is 3.08. The number of ether oxygens (including phenoxy) is 1. The highest BCUT2D eigenvalue weighted by atomic mass is 35.5. The Hall–Kier alpha value is -2.26. The first-order valence-corrected chi connectivity index (χ1v) is 6.16. The summed E-state index contributed by atoms with van der Waals surface area (Å²) in [7, 11) is 0. The first-order chi connectivity index (χ1) is 9.25. The summed E-state index contributed by atoms with van der Waals surface area (Å²) in [5.74, 6) is 1.31. The molecular weight excluding hydrogens is 262 g/mol. The van der Waals surface area contributed by atoms with Crippen LogP contribution in [0.25, 0.3) is 10.9 Å². The van der Waals surface area contributed by atoms with Crippen molar-refractivity contribution in [2.24, 2.45) is 0 Å². The summed E-state index contributed by atoms with van der Waals surface area (Å²) < 4.78 is 5.77. The lowest BCUT2D eigenvalue weighted by Gasteiger charge is -2.08. The van der Waals surface area contributed by atoms with Crippen LogP contribution in [-0.4, -0.2) is 4.98 Å². The molecule has 0 unspecified atom stereocenters. The molecule has 1 N–H and O–H groups in total. The summed E-state index contributed by atoms with van der Waals surface area (Å²) in [5.41, 5.74) is 0.440. The molecule has 19 heavy (non-hydrogen) atoms. The zero-order chi connectivity index (χ0) is 13.2. The van der Waals surface area contributed by atoms with Crippen molar-refractivity contribution in [2.45, 2.75) is 0 Å². The molecule has 0 aliphatic heterocycles. The fourth-order valence-electron chi connectivity index (χ4n) is 1.90. The van der Waals surface area contributed by atoms with Gasteiger partial charge >= 0.3 is 0 Å². The van der Waals surface area contributed by atoms with Gasteiger partial charge in [0.15, 0.2) is 5.75 Å². The molecule has 0 amide bonds. The van der Waals surface area contributed by atoms with E-state index < -0.39 is 0 Å². The van der Waals surface area contributed by atoms with Gasteiger partial charge in [0.05, 0.1) is 10.9 Å². The molecule has 0 aliphatic carbocycles. The molecule has 0 bridgehead atoms. The highest BCUT2D eigenvalue weighted by molar-refractivity contribution is 6.31. The SMILES string of the molecule is O=c1c(Cl)c[nH]c2c(Oc3ccccc3)cccc12. The number of halogens is 1. The number of benzene rings is 2. The van der Waals surface area contributed by atoms with Gasteiger partial charge in [0, 0.05) is 6.20 Å². The van der Waals surface area contributed by atoms with Crippen molar-refractivity contribution < 1.29 is 4.74 Å². The second-order valence-corrected chi connectivity index (χ2v) is 4.47. The van der Waals surface area contributed by atoms with Gasteiger partial charge in [-0.3, -0.25) is 4.79 Å². The third-order valence-electron chi connectivity index (χ3n) is 2.80. The number of para-hydroxylation sites is 2. The lowest BCUT2D eigenvalue weighted by molar-refractivity contribution is 0.487. The fraction of sp³-hybridized carbons (Fsp3) is 0. The monoisotopic (exact) mass is 271 g/mol. The number of H-pyrrole nitrogens is 1. The van der Waals surface area contributed by atoms with E-state index in [4.69, 9.17) is 16.3 Å². The van der Waals surface area contributed by atoms with E-state index in [-0.39, 0.29) is 10.5 Å². The maximum Gasteiger partial charge on any atom is 0.208 e. The number of aromatic nitrogens is 1. The second kappa shape index (κ2) is 4.78. The van der Waals surface area contributed by atoms with Crippen molar-refractivity contribution in [3.63, 3.8) is 0 Å². The van der Waals surface area contributed by atoms with Crippen molar-refractivity contribution in [1.29, 1.82) is 0 Å². The number of pyridine rings is 1. The molecular formula is C15H10ClNO2. The lowest BCUT2D eigenvalue weighted by Crippen LogP contribution is -2.03. The number of fused-ring (bicyclic) bond motifs is 1. The molecule has 1 aromatic heterocycles. The quantitative estimate of drug-likeness (QED) is 0.766. The Kier molecular flexibility index (Phi) is 2.97. The molecule has 3 nitrogen and oxygen atoms in total. The first-order valence-electron chi connectivity index (χ1n) is 5.78. The summed E-state index contributed by atoms with van der Waals surface area (Å²) in [6, 6.07) is 14.7. The van der Waals surface area contributed by atoms with E-state index in [1.54, 1.807) is 18.2 Å². The van der Waals surface area contributed by atoms with E-state index in [1.807, 2.05) is 30.3 Å². The van der Waals surface area contributed by atoms with Crippen molar-refractivity contribution >= 4 is 22.5 Å². The predicted octanol–water partition coefficient (Wildman–Crippen LogP) is 3.97. The summed E-state index contributed by atoms with van der Waals surface area (Å²) >= 11 is 5.82. The standard InChI is InChI=1S/C15H10ClNO2/c16-12-9-17-14-11(15(12)18)7-4-8-13(14)19-10-5-2-1-3-6-10/h1-9H,(H,17,18). The second-order valence-electron chi connectivity index (χ2n) is 4.06. The van der Waals surface area contributed by atoms with Crippen molar-refractivity contribution in [1.82, 2.24) is 4.98 Å². The molecule has 0 atom stereocenters. The predicted molar refractivity (Wildman–Crippen MR) is 76.1 cm³/mol. The van der Waals surface area contributed by atoms with Gasteiger partial charge in [0.25, 0.3) is 0 Å². The van der Waals surface area contributed by atoms with Crippen LogP contribution < -0.4 is 10.2 Å². The van der Waals surface area contributed by atoms with Gasteiger partial charge in [0.1, 0.15) is 10.8 Å². The van der Waals surface area contributed by atoms with E-state index in [0.717, 1.165) is 0 Å². The Morgan fingerprint density at radius 1 is 1.00 bits per heavy atom. The smallest absolute Gasteiger partial charge is 0.208 e. The molecule has 0 fully saturated rings. The maximum atomic E-state index is 11.9. The average molecular weight is 272 g/mol. The van der Waals surface area contributed by atoms with Crippen LogP contribution in [0, 0.1) is 0 Å². The highest BCUT2D eigenvalue weighted by Gasteiger charge is 2.08. The van der Waals surface area contributed by atoms with Crippen molar-refractivity contribution in [3.8, 4) is 11.5 Å². The Labute approximate surface area is 114 Å². The largest absolute Gasteiger partial charge is 0.455 e. The van der Waals surface area contributed by atoms with Gasteiger partial charge < -0.3 is 9.72 Å². The lowest BCUT2D eigenvalue weighted by atomic mass is 10.2. The minimum Gasteiger partial charge on any atom is -0.455 e. The van der Waals surface area contributed by atoms with Crippen LogP contribution >= 0.6 is 11.6 Å². The van der Waals surface area contributed by atoms with E-state index >= 15 is 0 Å². The normalized spacial score (nSPS) is 10.6. The molecule has 0 aliphatic rings. The van der Waals surface area contributed by atoms with E-state index in [2.05, 4.69) is 4.98 Å². The minimum absolute atomic E-state index is 0.171. The molecule has 3 aromatic rings. The topological polar surface area (TPSA) is 42.1 Å². The molecule has 4 heteroatoms. The molecule has 0 saturated carbocycles. The van der Waals surface area contributed by atoms with Crippen molar-refractivity contribution in [3.05, 3.63) is 70.0 Å². The summed E-state index contributed by atoms with van der Waals surface area (Å²) in [6.45, 7) is 0. The zero-order valence-electron chi connectivity index (χ0n) is 9.89. The van der Waals surface area contributed by atoms with Gasteiger partial charge in [0.2, 0.25) is 5.43 Å². The summed E-state index contributed by atoms with van der Waals surface area (Å²) in [4.78, 5) is 14.9. The van der Waals surface area contributed by atoms with Gasteiger partial charge in [-0.05, 0) is 24.3 Å². The minimum atomic E-state index is -0.200.